The SMILES string of the molecule is CC/C=C\C/C=C\C/C=C\C/C=C\C/C=C\C/C=C\CCCCCCC(=O)OCC(COP(=O)(O)OCC(O)COP(=O)(O)OCC(O)COC(=O)CCCCCCCCCCC/C=C\C/C=C\C/C=C\C/C=C\CCCCC)OC(=O)CCCCCCCCC/C=C\C/C=C\C/C=C\CC. The molecule has 4 N–H and O–H groups in total. The van der Waals surface area contributed by atoms with E-state index in [4.69, 9.17) is 32.3 Å². The summed E-state index contributed by atoms with van der Waals surface area (Å²) in [6.07, 6.45) is 92.8. The summed E-state index contributed by atoms with van der Waals surface area (Å²) in [5.41, 5.74) is 0. The summed E-state index contributed by atoms with van der Waals surface area (Å²) in [5.74, 6) is -1.63. The number of rotatable bonds is 72. The summed E-state index contributed by atoms with van der Waals surface area (Å²) >= 11 is 0. The topological polar surface area (TPSA) is 231 Å². The number of carbonyl (C=O) groups is 3. The maximum atomic E-state index is 13.0. The van der Waals surface area contributed by atoms with E-state index in [1.54, 1.807) is 0 Å². The molecule has 0 saturated heterocycles. The zero-order valence-corrected chi connectivity index (χ0v) is 64.6. The van der Waals surface area contributed by atoms with Gasteiger partial charge in [-0.15, -0.1) is 0 Å². The number of aliphatic hydroxyl groups excluding tert-OH is 2. The number of phosphoric acid groups is 2. The smallest absolute Gasteiger partial charge is 0.463 e. The molecule has 0 aromatic rings. The van der Waals surface area contributed by atoms with Gasteiger partial charge >= 0.3 is 33.6 Å². The van der Waals surface area contributed by atoms with E-state index in [0.717, 1.165) is 180 Å². The molecule has 0 aliphatic carbocycles. The van der Waals surface area contributed by atoms with E-state index in [2.05, 4.69) is 179 Å². The van der Waals surface area contributed by atoms with Crippen LogP contribution in [0.25, 0.3) is 0 Å². The number of phosphoric ester groups is 2. The molecule has 0 aromatic heterocycles. The summed E-state index contributed by atoms with van der Waals surface area (Å²) < 4.78 is 61.1. The minimum atomic E-state index is -4.95. The lowest BCUT2D eigenvalue weighted by atomic mass is 10.1. The average molecular weight is 1450 g/mol. The normalized spacial score (nSPS) is 14.9. The average Bonchev–Trinajstić information content (AvgIpc) is 0.941. The van der Waals surface area contributed by atoms with Crippen molar-refractivity contribution in [2.45, 2.75) is 309 Å². The highest BCUT2D eigenvalue weighted by atomic mass is 31.2. The predicted molar refractivity (Wildman–Crippen MR) is 417 cm³/mol. The Balaban J connectivity index is 4.68. The van der Waals surface area contributed by atoms with Gasteiger partial charge in [0.05, 0.1) is 26.4 Å². The van der Waals surface area contributed by atoms with E-state index in [9.17, 15) is 43.5 Å². The van der Waals surface area contributed by atoms with Crippen LogP contribution in [0.2, 0.25) is 0 Å². The molecule has 5 unspecified atom stereocenters. The van der Waals surface area contributed by atoms with Crippen LogP contribution >= 0.6 is 15.6 Å². The summed E-state index contributed by atoms with van der Waals surface area (Å²) in [6, 6.07) is 0. The molecule has 0 aliphatic rings. The zero-order chi connectivity index (χ0) is 73.7. The molecule has 0 amide bonds. The van der Waals surface area contributed by atoms with Gasteiger partial charge in [-0.1, -0.05) is 281 Å². The predicted octanol–water partition coefficient (Wildman–Crippen LogP) is 22.6. The number of hydrogen-bond donors (Lipinski definition) is 4. The Morgan fingerprint density at radius 1 is 0.287 bits per heavy atom. The lowest BCUT2D eigenvalue weighted by Crippen LogP contribution is -2.30. The minimum absolute atomic E-state index is 0.0814. The van der Waals surface area contributed by atoms with E-state index in [0.29, 0.717) is 19.3 Å². The van der Waals surface area contributed by atoms with Crippen molar-refractivity contribution in [1.29, 1.82) is 0 Å². The fourth-order valence-corrected chi connectivity index (χ4v) is 11.5. The van der Waals surface area contributed by atoms with E-state index < -0.39 is 91.5 Å². The van der Waals surface area contributed by atoms with E-state index in [-0.39, 0.29) is 19.3 Å². The first kappa shape index (κ1) is 96.2. The minimum Gasteiger partial charge on any atom is -0.463 e. The van der Waals surface area contributed by atoms with Crippen LogP contribution in [-0.4, -0.2) is 95.9 Å². The lowest BCUT2D eigenvalue weighted by molar-refractivity contribution is -0.161. The highest BCUT2D eigenvalue weighted by Crippen LogP contribution is 2.45. The lowest BCUT2D eigenvalue weighted by Gasteiger charge is -2.21. The molecular formula is C83H138O16P2. The van der Waals surface area contributed by atoms with Gasteiger partial charge < -0.3 is 34.2 Å². The Hall–Kier alpha value is -4.83. The van der Waals surface area contributed by atoms with Crippen molar-refractivity contribution >= 4 is 33.6 Å². The number of aliphatic hydroxyl groups is 2. The Bertz CT molecular complexity index is 2470. The van der Waals surface area contributed by atoms with Gasteiger partial charge in [-0.3, -0.25) is 32.5 Å². The quantitative estimate of drug-likeness (QED) is 0.0146. The van der Waals surface area contributed by atoms with Gasteiger partial charge in [0.1, 0.15) is 25.4 Å². The van der Waals surface area contributed by atoms with Gasteiger partial charge in [-0.05, 0) is 148 Å². The van der Waals surface area contributed by atoms with Crippen molar-refractivity contribution in [2.75, 3.05) is 39.6 Å². The highest BCUT2D eigenvalue weighted by molar-refractivity contribution is 7.47. The van der Waals surface area contributed by atoms with Crippen LogP contribution in [0, 0.1) is 0 Å². The second-order valence-electron chi connectivity index (χ2n) is 25.4. The Labute approximate surface area is 612 Å². The Kier molecular flexibility index (Phi) is 71.3. The summed E-state index contributed by atoms with van der Waals surface area (Å²) in [7, 11) is -9.81. The third-order valence-corrected chi connectivity index (χ3v) is 17.6. The summed E-state index contributed by atoms with van der Waals surface area (Å²) in [5, 5.41) is 20.6. The number of esters is 3. The molecule has 101 heavy (non-hydrogen) atoms. The first-order chi connectivity index (χ1) is 49.2. The molecule has 0 radical (unpaired) electrons. The third kappa shape index (κ3) is 76.1. The molecule has 0 bridgehead atoms. The monoisotopic (exact) mass is 1450 g/mol. The largest absolute Gasteiger partial charge is 0.472 e. The molecule has 0 aromatic carbocycles. The van der Waals surface area contributed by atoms with E-state index in [1.807, 2.05) is 0 Å². The Morgan fingerprint density at radius 3 is 0.832 bits per heavy atom. The first-order valence-electron chi connectivity index (χ1n) is 38.8. The molecule has 18 heteroatoms. The molecular weight excluding hydrogens is 1310 g/mol. The van der Waals surface area contributed by atoms with Gasteiger partial charge in [-0.2, -0.15) is 0 Å². The fraction of sp³-hybridized carbons (Fsp3) is 0.651. The molecule has 0 saturated carbocycles. The van der Waals surface area contributed by atoms with Crippen molar-refractivity contribution in [2.24, 2.45) is 0 Å². The number of carbonyl (C=O) groups excluding carboxylic acids is 3. The molecule has 0 fully saturated rings. The molecule has 0 spiro atoms. The van der Waals surface area contributed by atoms with Crippen LogP contribution in [0.15, 0.2) is 158 Å². The summed E-state index contributed by atoms with van der Waals surface area (Å²) in [6.45, 7) is 2.37. The van der Waals surface area contributed by atoms with Gasteiger partial charge in [0.15, 0.2) is 6.10 Å². The van der Waals surface area contributed by atoms with Gasteiger partial charge in [-0.25, -0.2) is 9.13 Å². The maximum absolute atomic E-state index is 13.0. The molecule has 0 aliphatic heterocycles. The van der Waals surface area contributed by atoms with Crippen LogP contribution in [-0.2, 0) is 55.8 Å². The molecule has 0 heterocycles. The second-order valence-corrected chi connectivity index (χ2v) is 28.3. The van der Waals surface area contributed by atoms with Crippen LogP contribution < -0.4 is 0 Å². The van der Waals surface area contributed by atoms with E-state index in [1.165, 1.54) is 51.4 Å². The highest BCUT2D eigenvalue weighted by Gasteiger charge is 2.29. The van der Waals surface area contributed by atoms with Crippen LogP contribution in [0.1, 0.15) is 290 Å². The molecule has 0 rings (SSSR count). The number of hydrogen-bond acceptors (Lipinski definition) is 14. The van der Waals surface area contributed by atoms with Crippen LogP contribution in [0.4, 0.5) is 0 Å². The standard InChI is InChI=1S/C83H138O16P2/c1-4-7-10-13-16-19-22-25-28-31-33-35-37-38-40-42-43-46-48-51-54-57-60-63-66-69-81(86)93-72-78(84)73-95-100(89,90)96-74-79(85)75-97-101(91,92)98-77-80(99-83(88)71-68-65-62-59-56-53-50-45-30-27-24-21-18-15-12-9-6-3)76-94-82(87)70-67-64-61-58-55-52-49-47-44-41-39-36-34-32-29-26-23-20-17-14-11-8-5-2/h8-9,11-12,16-21,25-30,33-36,38,40-41,44,49,52,78-80,84-85H,4-7,10,13-15,22-24,31-32,37,39,42-43,45-48,50-51,53-77H2,1-3H3,(H,89,90)(H,91,92)/b11-8-,12-9-,19-16-,20-17-,21-18-,28-25-,29-26-,30-27-,35-33-,36-34-,40-38-,44-41-,52-49-. The maximum Gasteiger partial charge on any atom is 0.472 e. The first-order valence-corrected chi connectivity index (χ1v) is 41.8. The zero-order valence-electron chi connectivity index (χ0n) is 62.8. The van der Waals surface area contributed by atoms with Crippen molar-refractivity contribution in [3.8, 4) is 0 Å². The van der Waals surface area contributed by atoms with E-state index >= 15 is 0 Å². The van der Waals surface area contributed by atoms with Gasteiger partial charge in [0.2, 0.25) is 0 Å². The molecule has 576 valence electrons. The van der Waals surface area contributed by atoms with Crippen LogP contribution in [0.5, 0.6) is 0 Å². The molecule has 5 atom stereocenters. The van der Waals surface area contributed by atoms with Crippen molar-refractivity contribution in [3.63, 3.8) is 0 Å². The second kappa shape index (κ2) is 74.9. The third-order valence-electron chi connectivity index (χ3n) is 15.7. The van der Waals surface area contributed by atoms with Crippen molar-refractivity contribution in [1.82, 2.24) is 0 Å². The fourth-order valence-electron chi connectivity index (χ4n) is 9.87. The van der Waals surface area contributed by atoms with Gasteiger partial charge in [0.25, 0.3) is 0 Å². The summed E-state index contributed by atoms with van der Waals surface area (Å²) in [4.78, 5) is 58.7. The number of allylic oxidation sites excluding steroid dienone is 26. The Morgan fingerprint density at radius 2 is 0.525 bits per heavy atom. The number of ether oxygens (including phenoxy) is 3. The van der Waals surface area contributed by atoms with Crippen LogP contribution in [0.3, 0.4) is 0 Å². The van der Waals surface area contributed by atoms with Crippen molar-refractivity contribution < 1.29 is 75.8 Å². The number of unbranched alkanes of at least 4 members (excludes halogenated alkanes) is 23. The molecule has 16 nitrogen and oxygen atoms in total. The van der Waals surface area contributed by atoms with Crippen molar-refractivity contribution in [3.05, 3.63) is 158 Å². The van der Waals surface area contributed by atoms with Gasteiger partial charge in [0, 0.05) is 19.3 Å².